The molecule has 3 unspecified atom stereocenters. The van der Waals surface area contributed by atoms with Crippen LogP contribution < -0.4 is 5.73 Å². The van der Waals surface area contributed by atoms with Crippen LogP contribution in [0.15, 0.2) is 0 Å². The fourth-order valence-corrected chi connectivity index (χ4v) is 5.91. The largest absolute Gasteiger partial charge is 0.389 e. The summed E-state index contributed by atoms with van der Waals surface area (Å²) in [5, 5.41) is 11.0. The quantitative estimate of drug-likeness (QED) is 0.766. The standard InChI is InChI=1S/C12H23NO3S/c1-10-4-2-3-5-12(10,14)11(8-13)6-7-17(15,16)9-11/h10,14H,2-9,13H2,1H3. The molecule has 1 saturated carbocycles. The topological polar surface area (TPSA) is 80.4 Å². The van der Waals surface area contributed by atoms with E-state index in [9.17, 15) is 13.5 Å². The molecule has 2 fully saturated rings. The van der Waals surface area contributed by atoms with Gasteiger partial charge in [0, 0.05) is 12.0 Å². The summed E-state index contributed by atoms with van der Waals surface area (Å²) >= 11 is 0. The lowest BCUT2D eigenvalue weighted by atomic mass is 9.60. The highest BCUT2D eigenvalue weighted by Crippen LogP contribution is 2.50. The summed E-state index contributed by atoms with van der Waals surface area (Å²) in [7, 11) is -3.02. The minimum absolute atomic E-state index is 0.0668. The summed E-state index contributed by atoms with van der Waals surface area (Å²) in [6, 6.07) is 0. The van der Waals surface area contributed by atoms with Crippen LogP contribution in [0.5, 0.6) is 0 Å². The van der Waals surface area contributed by atoms with E-state index in [2.05, 4.69) is 0 Å². The summed E-state index contributed by atoms with van der Waals surface area (Å²) in [4.78, 5) is 0. The minimum Gasteiger partial charge on any atom is -0.389 e. The van der Waals surface area contributed by atoms with Crippen molar-refractivity contribution in [2.24, 2.45) is 17.1 Å². The van der Waals surface area contributed by atoms with Crippen LogP contribution in [0.1, 0.15) is 39.0 Å². The van der Waals surface area contributed by atoms with Crippen molar-refractivity contribution in [2.75, 3.05) is 18.1 Å². The van der Waals surface area contributed by atoms with Crippen LogP contribution >= 0.6 is 0 Å². The Bertz CT molecular complexity index is 395. The van der Waals surface area contributed by atoms with Gasteiger partial charge in [0.15, 0.2) is 9.84 Å². The van der Waals surface area contributed by atoms with Gasteiger partial charge in [-0.05, 0) is 25.2 Å². The predicted octanol–water partition coefficient (Wildman–Crippen LogP) is 0.691. The van der Waals surface area contributed by atoms with Crippen molar-refractivity contribution in [1.29, 1.82) is 0 Å². The molecule has 2 aliphatic rings. The Morgan fingerprint density at radius 2 is 2.06 bits per heavy atom. The van der Waals surface area contributed by atoms with E-state index in [1.165, 1.54) is 0 Å². The smallest absolute Gasteiger partial charge is 0.151 e. The van der Waals surface area contributed by atoms with Gasteiger partial charge in [0.1, 0.15) is 0 Å². The third kappa shape index (κ3) is 2.02. The van der Waals surface area contributed by atoms with Gasteiger partial charge >= 0.3 is 0 Å². The van der Waals surface area contributed by atoms with E-state index in [1.807, 2.05) is 6.92 Å². The molecular formula is C12H23NO3S. The molecule has 0 aromatic rings. The molecule has 0 bridgehead atoms. The first kappa shape index (κ1) is 13.3. The van der Waals surface area contributed by atoms with Gasteiger partial charge in [0.2, 0.25) is 0 Å². The number of hydrogen-bond acceptors (Lipinski definition) is 4. The van der Waals surface area contributed by atoms with Gasteiger partial charge in [0.25, 0.3) is 0 Å². The monoisotopic (exact) mass is 261 g/mol. The lowest BCUT2D eigenvalue weighted by Crippen LogP contribution is -2.58. The number of sulfone groups is 1. The van der Waals surface area contributed by atoms with E-state index in [1.54, 1.807) is 0 Å². The van der Waals surface area contributed by atoms with Crippen LogP contribution in [0.2, 0.25) is 0 Å². The Morgan fingerprint density at radius 3 is 2.53 bits per heavy atom. The van der Waals surface area contributed by atoms with E-state index < -0.39 is 20.9 Å². The molecule has 0 aromatic heterocycles. The summed E-state index contributed by atoms with van der Waals surface area (Å²) in [5.41, 5.74) is 4.35. The number of nitrogens with two attached hydrogens (primary N) is 1. The summed E-state index contributed by atoms with van der Waals surface area (Å²) in [6.45, 7) is 2.30. The normalized spacial score (nSPS) is 45.9. The van der Waals surface area contributed by atoms with E-state index >= 15 is 0 Å². The van der Waals surface area contributed by atoms with E-state index in [4.69, 9.17) is 5.73 Å². The van der Waals surface area contributed by atoms with Crippen molar-refractivity contribution in [3.8, 4) is 0 Å². The van der Waals surface area contributed by atoms with Crippen LogP contribution in [0.25, 0.3) is 0 Å². The second kappa shape index (κ2) is 4.21. The van der Waals surface area contributed by atoms with Gasteiger partial charge in [-0.1, -0.05) is 19.8 Å². The third-order valence-corrected chi connectivity index (χ3v) is 6.78. The zero-order valence-electron chi connectivity index (χ0n) is 10.5. The van der Waals surface area contributed by atoms with E-state index in [0.717, 1.165) is 19.3 Å². The molecule has 17 heavy (non-hydrogen) atoms. The molecule has 2 rings (SSSR count). The highest BCUT2D eigenvalue weighted by Gasteiger charge is 2.57. The average molecular weight is 261 g/mol. The Labute approximate surface area is 104 Å². The second-order valence-electron chi connectivity index (χ2n) is 5.90. The molecule has 1 heterocycles. The number of hydrogen-bond donors (Lipinski definition) is 2. The maximum atomic E-state index is 11.7. The molecule has 3 N–H and O–H groups in total. The van der Waals surface area contributed by atoms with Crippen LogP contribution in [-0.2, 0) is 9.84 Å². The van der Waals surface area contributed by atoms with Gasteiger partial charge in [-0.2, -0.15) is 0 Å². The first-order valence-electron chi connectivity index (χ1n) is 6.48. The van der Waals surface area contributed by atoms with Gasteiger partial charge in [-0.15, -0.1) is 0 Å². The Balaban J connectivity index is 2.35. The predicted molar refractivity (Wildman–Crippen MR) is 67.3 cm³/mol. The molecule has 0 amide bonds. The molecule has 5 heteroatoms. The molecular weight excluding hydrogens is 238 g/mol. The molecule has 1 aliphatic heterocycles. The third-order valence-electron chi connectivity index (χ3n) is 4.96. The highest BCUT2D eigenvalue weighted by atomic mass is 32.2. The summed E-state index contributed by atoms with van der Waals surface area (Å²) in [5.74, 6) is 0.393. The van der Waals surface area contributed by atoms with Crippen LogP contribution in [0.3, 0.4) is 0 Å². The minimum atomic E-state index is -3.02. The molecule has 3 atom stereocenters. The van der Waals surface area contributed by atoms with Gasteiger partial charge in [-0.25, -0.2) is 8.42 Å². The molecule has 1 saturated heterocycles. The van der Waals surface area contributed by atoms with Crippen molar-refractivity contribution in [3.63, 3.8) is 0 Å². The molecule has 0 aromatic carbocycles. The van der Waals surface area contributed by atoms with Gasteiger partial charge in [-0.3, -0.25) is 0 Å². The van der Waals surface area contributed by atoms with Crippen molar-refractivity contribution in [3.05, 3.63) is 0 Å². The first-order chi connectivity index (χ1) is 7.85. The molecule has 0 radical (unpaired) electrons. The van der Waals surface area contributed by atoms with Crippen LogP contribution in [0.4, 0.5) is 0 Å². The van der Waals surface area contributed by atoms with Gasteiger partial charge < -0.3 is 10.8 Å². The van der Waals surface area contributed by atoms with Gasteiger partial charge in [0.05, 0.1) is 17.1 Å². The lowest BCUT2D eigenvalue weighted by Gasteiger charge is -2.50. The van der Waals surface area contributed by atoms with Crippen molar-refractivity contribution >= 4 is 9.84 Å². The molecule has 1 aliphatic carbocycles. The van der Waals surface area contributed by atoms with Crippen molar-refractivity contribution < 1.29 is 13.5 Å². The zero-order chi connectivity index (χ0) is 12.7. The average Bonchev–Trinajstić information content (AvgIpc) is 2.60. The van der Waals surface area contributed by atoms with Crippen molar-refractivity contribution in [2.45, 2.75) is 44.6 Å². The molecule has 4 nitrogen and oxygen atoms in total. The Hall–Kier alpha value is -0.130. The Kier molecular flexibility index (Phi) is 3.30. The van der Waals surface area contributed by atoms with Crippen LogP contribution in [-0.4, -0.2) is 37.2 Å². The second-order valence-corrected chi connectivity index (χ2v) is 8.08. The lowest BCUT2D eigenvalue weighted by molar-refractivity contribution is -0.129. The van der Waals surface area contributed by atoms with E-state index in [-0.39, 0.29) is 24.0 Å². The first-order valence-corrected chi connectivity index (χ1v) is 8.30. The number of rotatable bonds is 2. The maximum absolute atomic E-state index is 11.7. The molecule has 100 valence electrons. The zero-order valence-corrected chi connectivity index (χ0v) is 11.3. The fraction of sp³-hybridized carbons (Fsp3) is 1.00. The fourth-order valence-electron chi connectivity index (χ4n) is 3.71. The van der Waals surface area contributed by atoms with Crippen LogP contribution in [0, 0.1) is 11.3 Å². The Morgan fingerprint density at radius 1 is 1.35 bits per heavy atom. The van der Waals surface area contributed by atoms with E-state index in [0.29, 0.717) is 12.8 Å². The SMILES string of the molecule is CC1CCCCC1(O)C1(CN)CCS(=O)(=O)C1. The highest BCUT2D eigenvalue weighted by molar-refractivity contribution is 7.91. The summed E-state index contributed by atoms with van der Waals surface area (Å²) < 4.78 is 23.5. The summed E-state index contributed by atoms with van der Waals surface area (Å²) in [6.07, 6.45) is 4.28. The van der Waals surface area contributed by atoms with Crippen molar-refractivity contribution in [1.82, 2.24) is 0 Å². The molecule has 0 spiro atoms. The number of aliphatic hydroxyl groups is 1. The maximum Gasteiger partial charge on any atom is 0.151 e.